The highest BCUT2D eigenvalue weighted by atomic mass is 16.5. The topological polar surface area (TPSA) is 59.5 Å². The number of carbonyl (C=O) groups is 1. The molecule has 5 heteroatoms. The van der Waals surface area contributed by atoms with Crippen molar-refractivity contribution in [1.82, 2.24) is 10.1 Å². The minimum Gasteiger partial charge on any atom is -0.461 e. The van der Waals surface area contributed by atoms with E-state index in [2.05, 4.69) is 5.16 Å². The van der Waals surface area contributed by atoms with Gasteiger partial charge in [-0.25, -0.2) is 0 Å². The van der Waals surface area contributed by atoms with Gasteiger partial charge in [0, 0.05) is 19.2 Å². The van der Waals surface area contributed by atoms with Crippen LogP contribution in [0.4, 0.5) is 0 Å². The second kappa shape index (κ2) is 4.23. The number of hydrogen-bond acceptors (Lipinski definition) is 4. The van der Waals surface area contributed by atoms with Crippen molar-refractivity contribution in [3.63, 3.8) is 0 Å². The van der Waals surface area contributed by atoms with Gasteiger partial charge in [-0.15, -0.1) is 0 Å². The largest absolute Gasteiger partial charge is 0.461 e. The fraction of sp³-hybridized carbons (Fsp3) is 0.467. The van der Waals surface area contributed by atoms with Crippen molar-refractivity contribution in [3.05, 3.63) is 30.2 Å². The molecule has 0 unspecified atom stereocenters. The van der Waals surface area contributed by atoms with Crippen LogP contribution in [0.1, 0.15) is 31.4 Å². The lowest BCUT2D eigenvalue weighted by atomic mass is 10.0. The SMILES string of the molecule is O=C(N1CCCC1)C1(c2cc(-c3ccco3)on2)CC1. The summed E-state index contributed by atoms with van der Waals surface area (Å²) in [5.41, 5.74) is 0.319. The number of rotatable bonds is 3. The molecule has 0 atom stereocenters. The van der Waals surface area contributed by atoms with Gasteiger partial charge in [-0.3, -0.25) is 4.79 Å². The van der Waals surface area contributed by atoms with Crippen LogP contribution in [0.5, 0.6) is 0 Å². The fourth-order valence-corrected chi connectivity index (χ4v) is 2.96. The Bertz CT molecular complexity index is 619. The Kier molecular flexibility index (Phi) is 2.49. The molecule has 0 aromatic carbocycles. The van der Waals surface area contributed by atoms with Crippen LogP contribution in [0, 0.1) is 0 Å². The van der Waals surface area contributed by atoms with E-state index in [4.69, 9.17) is 8.94 Å². The number of likely N-dealkylation sites (tertiary alicyclic amines) is 1. The number of aromatic nitrogens is 1. The van der Waals surface area contributed by atoms with Gasteiger partial charge in [0.2, 0.25) is 11.7 Å². The molecule has 1 saturated carbocycles. The Morgan fingerprint density at radius 1 is 1.25 bits per heavy atom. The van der Waals surface area contributed by atoms with Crippen molar-refractivity contribution in [3.8, 4) is 11.5 Å². The van der Waals surface area contributed by atoms with Gasteiger partial charge < -0.3 is 13.8 Å². The highest BCUT2D eigenvalue weighted by Gasteiger charge is 2.55. The van der Waals surface area contributed by atoms with E-state index in [9.17, 15) is 4.79 Å². The monoisotopic (exact) mass is 272 g/mol. The molecule has 0 radical (unpaired) electrons. The molecule has 5 nitrogen and oxygen atoms in total. The van der Waals surface area contributed by atoms with E-state index >= 15 is 0 Å². The van der Waals surface area contributed by atoms with Gasteiger partial charge in [-0.1, -0.05) is 5.16 Å². The van der Waals surface area contributed by atoms with Crippen molar-refractivity contribution in [2.75, 3.05) is 13.1 Å². The Morgan fingerprint density at radius 2 is 2.05 bits per heavy atom. The Morgan fingerprint density at radius 3 is 2.70 bits per heavy atom. The lowest BCUT2D eigenvalue weighted by Gasteiger charge is -2.20. The summed E-state index contributed by atoms with van der Waals surface area (Å²) in [6, 6.07) is 5.48. The molecule has 4 rings (SSSR count). The minimum absolute atomic E-state index is 0.217. The molecule has 1 saturated heterocycles. The van der Waals surface area contributed by atoms with Crippen molar-refractivity contribution >= 4 is 5.91 Å². The van der Waals surface area contributed by atoms with Gasteiger partial charge in [0.05, 0.1) is 17.4 Å². The zero-order valence-electron chi connectivity index (χ0n) is 11.2. The van der Waals surface area contributed by atoms with Gasteiger partial charge in [-0.05, 0) is 37.8 Å². The number of furan rings is 1. The van der Waals surface area contributed by atoms with Gasteiger partial charge in [0.15, 0.2) is 5.76 Å². The van der Waals surface area contributed by atoms with E-state index in [1.807, 2.05) is 17.0 Å². The van der Waals surface area contributed by atoms with Gasteiger partial charge in [-0.2, -0.15) is 0 Å². The number of hydrogen-bond donors (Lipinski definition) is 0. The summed E-state index contributed by atoms with van der Waals surface area (Å²) < 4.78 is 10.6. The first-order valence-electron chi connectivity index (χ1n) is 7.10. The smallest absolute Gasteiger partial charge is 0.234 e. The first-order chi connectivity index (χ1) is 9.79. The van der Waals surface area contributed by atoms with Crippen molar-refractivity contribution in [2.24, 2.45) is 0 Å². The van der Waals surface area contributed by atoms with E-state index in [0.717, 1.165) is 44.5 Å². The molecule has 2 aromatic heterocycles. The van der Waals surface area contributed by atoms with Gasteiger partial charge in [0.25, 0.3) is 0 Å². The summed E-state index contributed by atoms with van der Waals surface area (Å²) in [5.74, 6) is 1.45. The molecule has 0 bridgehead atoms. The van der Waals surface area contributed by atoms with Crippen molar-refractivity contribution in [2.45, 2.75) is 31.1 Å². The first kappa shape index (κ1) is 11.8. The molecule has 3 heterocycles. The summed E-state index contributed by atoms with van der Waals surface area (Å²) in [7, 11) is 0. The third-order valence-electron chi connectivity index (χ3n) is 4.32. The van der Waals surface area contributed by atoms with Crippen LogP contribution in [0.25, 0.3) is 11.5 Å². The molecule has 1 amide bonds. The molecule has 20 heavy (non-hydrogen) atoms. The van der Waals surface area contributed by atoms with E-state index < -0.39 is 5.41 Å². The summed E-state index contributed by atoms with van der Waals surface area (Å²) in [4.78, 5) is 14.6. The highest BCUT2D eigenvalue weighted by molar-refractivity contribution is 5.91. The van der Waals surface area contributed by atoms with E-state index in [1.54, 1.807) is 12.3 Å². The summed E-state index contributed by atoms with van der Waals surface area (Å²) in [5, 5.41) is 4.12. The van der Waals surface area contributed by atoms with Crippen LogP contribution in [-0.2, 0) is 10.2 Å². The standard InChI is InChI=1S/C15H16N2O3/c18-14(17-7-1-2-8-17)15(5-6-15)13-10-12(20-16-13)11-4-3-9-19-11/h3-4,9-10H,1-2,5-8H2. The molecule has 1 aliphatic heterocycles. The van der Waals surface area contributed by atoms with Gasteiger partial charge in [0.1, 0.15) is 0 Å². The van der Waals surface area contributed by atoms with Crippen LogP contribution >= 0.6 is 0 Å². The minimum atomic E-state index is -0.432. The Balaban J connectivity index is 1.62. The second-order valence-electron chi connectivity index (χ2n) is 5.64. The Labute approximate surface area is 116 Å². The molecule has 0 spiro atoms. The summed E-state index contributed by atoms with van der Waals surface area (Å²) in [6.07, 6.45) is 5.55. The van der Waals surface area contributed by atoms with Crippen molar-refractivity contribution < 1.29 is 13.7 Å². The molecular weight excluding hydrogens is 256 g/mol. The average molecular weight is 272 g/mol. The predicted molar refractivity (Wildman–Crippen MR) is 70.9 cm³/mol. The quantitative estimate of drug-likeness (QED) is 0.861. The van der Waals surface area contributed by atoms with E-state index in [1.165, 1.54) is 0 Å². The van der Waals surface area contributed by atoms with E-state index in [-0.39, 0.29) is 5.91 Å². The second-order valence-corrected chi connectivity index (χ2v) is 5.64. The molecule has 104 valence electrons. The zero-order chi connectivity index (χ0) is 13.6. The highest BCUT2D eigenvalue weighted by Crippen LogP contribution is 2.50. The summed E-state index contributed by atoms with van der Waals surface area (Å²) >= 11 is 0. The first-order valence-corrected chi connectivity index (χ1v) is 7.10. The molecule has 0 N–H and O–H groups in total. The number of nitrogens with zero attached hydrogens (tertiary/aromatic N) is 2. The molecule has 2 aliphatic rings. The van der Waals surface area contributed by atoms with Crippen molar-refractivity contribution in [1.29, 1.82) is 0 Å². The number of amides is 1. The third kappa shape index (κ3) is 1.69. The average Bonchev–Trinajstić information content (AvgIpc) is 2.98. The molecule has 1 aliphatic carbocycles. The summed E-state index contributed by atoms with van der Waals surface area (Å²) in [6.45, 7) is 1.76. The van der Waals surface area contributed by atoms with Crippen LogP contribution in [0.2, 0.25) is 0 Å². The fourth-order valence-electron chi connectivity index (χ4n) is 2.96. The van der Waals surface area contributed by atoms with Crippen LogP contribution < -0.4 is 0 Å². The maximum atomic E-state index is 12.6. The van der Waals surface area contributed by atoms with Crippen LogP contribution in [0.3, 0.4) is 0 Å². The van der Waals surface area contributed by atoms with Gasteiger partial charge >= 0.3 is 0 Å². The Hall–Kier alpha value is -2.04. The molecule has 2 aromatic rings. The maximum absolute atomic E-state index is 12.6. The third-order valence-corrected chi connectivity index (χ3v) is 4.32. The van der Waals surface area contributed by atoms with E-state index in [0.29, 0.717) is 11.5 Å². The lowest BCUT2D eigenvalue weighted by Crippen LogP contribution is -2.37. The van der Waals surface area contributed by atoms with Crippen LogP contribution in [-0.4, -0.2) is 29.1 Å². The predicted octanol–water partition coefficient (Wildman–Crippen LogP) is 2.59. The maximum Gasteiger partial charge on any atom is 0.234 e. The number of carbonyl (C=O) groups excluding carboxylic acids is 1. The normalized spacial score (nSPS) is 20.3. The molecule has 2 fully saturated rings. The zero-order valence-corrected chi connectivity index (χ0v) is 11.2. The molecular formula is C15H16N2O3. The van der Waals surface area contributed by atoms with Crippen LogP contribution in [0.15, 0.2) is 33.4 Å². The lowest BCUT2D eigenvalue weighted by molar-refractivity contribution is -0.133.